The molecule has 0 atom stereocenters. The molecule has 3 heteroatoms. The van der Waals surface area contributed by atoms with Crippen molar-refractivity contribution in [2.45, 2.75) is 38.0 Å². The molecule has 3 rings (SSSR count). The van der Waals surface area contributed by atoms with Gasteiger partial charge in [0.05, 0.1) is 0 Å². The summed E-state index contributed by atoms with van der Waals surface area (Å²) in [5.41, 5.74) is 2.80. The Kier molecular flexibility index (Phi) is 5.70. The van der Waals surface area contributed by atoms with Crippen molar-refractivity contribution in [1.29, 1.82) is 0 Å². The zero-order valence-electron chi connectivity index (χ0n) is 15.6. The maximum Gasteiger partial charge on any atom is 0.115 e. The lowest BCUT2D eigenvalue weighted by Crippen LogP contribution is -2.29. The predicted octanol–water partition coefficient (Wildman–Crippen LogP) is 5.72. The van der Waals surface area contributed by atoms with Gasteiger partial charge in [-0.15, -0.1) is 0 Å². The molecule has 0 aromatic heterocycles. The highest BCUT2D eigenvalue weighted by Gasteiger charge is 2.35. The van der Waals surface area contributed by atoms with E-state index in [0.29, 0.717) is 0 Å². The third-order valence-corrected chi connectivity index (χ3v) is 5.24. The Balaban J connectivity index is 2.23. The maximum absolute atomic E-state index is 9.78. The van der Waals surface area contributed by atoms with Crippen LogP contribution in [0.1, 0.15) is 49.3 Å². The molecule has 0 aliphatic heterocycles. The van der Waals surface area contributed by atoms with E-state index in [1.54, 1.807) is 36.4 Å². The normalized spacial score (nSPS) is 11.4. The predicted molar refractivity (Wildman–Crippen MR) is 108 cm³/mol. The van der Waals surface area contributed by atoms with Crippen LogP contribution >= 0.6 is 0 Å². The minimum Gasteiger partial charge on any atom is -0.508 e. The molecule has 0 unspecified atom stereocenters. The van der Waals surface area contributed by atoms with Crippen molar-refractivity contribution in [3.8, 4) is 17.2 Å². The van der Waals surface area contributed by atoms with Crippen LogP contribution < -0.4 is 0 Å². The van der Waals surface area contributed by atoms with Crippen molar-refractivity contribution >= 4 is 0 Å². The van der Waals surface area contributed by atoms with E-state index in [0.717, 1.165) is 42.4 Å². The largest absolute Gasteiger partial charge is 0.508 e. The Morgan fingerprint density at radius 1 is 0.556 bits per heavy atom. The highest BCUT2D eigenvalue weighted by molar-refractivity contribution is 5.52. The first kappa shape index (κ1) is 18.8. The van der Waals surface area contributed by atoms with Gasteiger partial charge >= 0.3 is 0 Å². The lowest BCUT2D eigenvalue weighted by Gasteiger charge is -2.36. The summed E-state index contributed by atoms with van der Waals surface area (Å²) in [4.78, 5) is 0. The molecule has 140 valence electrons. The minimum absolute atomic E-state index is 0.234. The van der Waals surface area contributed by atoms with E-state index in [2.05, 4.69) is 6.92 Å². The number of benzene rings is 3. The molecule has 0 saturated carbocycles. The van der Waals surface area contributed by atoms with Gasteiger partial charge in [0.25, 0.3) is 0 Å². The second-order valence-corrected chi connectivity index (χ2v) is 7.00. The monoisotopic (exact) mass is 362 g/mol. The van der Waals surface area contributed by atoms with Crippen molar-refractivity contribution < 1.29 is 15.3 Å². The van der Waals surface area contributed by atoms with Gasteiger partial charge in [0.15, 0.2) is 0 Å². The third kappa shape index (κ3) is 3.92. The van der Waals surface area contributed by atoms with Crippen LogP contribution in [0.2, 0.25) is 0 Å². The quantitative estimate of drug-likeness (QED) is 0.372. The molecule has 0 amide bonds. The summed E-state index contributed by atoms with van der Waals surface area (Å²) in [5, 5.41) is 29.4. The number of aromatic hydroxyl groups is 3. The number of hydrogen-bond acceptors (Lipinski definition) is 3. The van der Waals surface area contributed by atoms with Crippen LogP contribution in [0, 0.1) is 0 Å². The Bertz CT molecular complexity index is 739. The molecule has 0 heterocycles. The fourth-order valence-corrected chi connectivity index (χ4v) is 3.81. The summed E-state index contributed by atoms with van der Waals surface area (Å²) in [6.07, 6.45) is 4.17. The molecular formula is C24H26O3. The average Bonchev–Trinajstić information content (AvgIpc) is 2.68. The van der Waals surface area contributed by atoms with Crippen LogP contribution in [-0.4, -0.2) is 15.3 Å². The molecule has 3 aromatic carbocycles. The van der Waals surface area contributed by atoms with Gasteiger partial charge in [0.2, 0.25) is 0 Å². The van der Waals surface area contributed by atoms with Crippen LogP contribution in [0.15, 0.2) is 72.8 Å². The van der Waals surface area contributed by atoms with E-state index in [1.165, 1.54) is 0 Å². The van der Waals surface area contributed by atoms with Crippen molar-refractivity contribution in [3.63, 3.8) is 0 Å². The van der Waals surface area contributed by atoms with Crippen molar-refractivity contribution in [3.05, 3.63) is 89.5 Å². The van der Waals surface area contributed by atoms with Crippen LogP contribution in [0.4, 0.5) is 0 Å². The van der Waals surface area contributed by atoms with Gasteiger partial charge in [-0.2, -0.15) is 0 Å². The fourth-order valence-electron chi connectivity index (χ4n) is 3.81. The van der Waals surface area contributed by atoms with Crippen molar-refractivity contribution in [2.75, 3.05) is 0 Å². The highest BCUT2D eigenvalue weighted by Crippen LogP contribution is 2.44. The lowest BCUT2D eigenvalue weighted by molar-refractivity contribution is 0.469. The molecule has 3 N–H and O–H groups in total. The number of rotatable bonds is 7. The maximum atomic E-state index is 9.78. The number of phenolic OH excluding ortho intramolecular Hbond substituents is 3. The first-order valence-electron chi connectivity index (χ1n) is 9.45. The van der Waals surface area contributed by atoms with E-state index < -0.39 is 5.41 Å². The molecule has 3 nitrogen and oxygen atoms in total. The number of hydrogen-bond donors (Lipinski definition) is 3. The zero-order chi connectivity index (χ0) is 19.3. The molecule has 27 heavy (non-hydrogen) atoms. The molecule has 0 aliphatic rings. The molecular weight excluding hydrogens is 336 g/mol. The van der Waals surface area contributed by atoms with E-state index in [9.17, 15) is 15.3 Å². The van der Waals surface area contributed by atoms with Gasteiger partial charge < -0.3 is 15.3 Å². The summed E-state index contributed by atoms with van der Waals surface area (Å²) in [6, 6.07) is 22.0. The molecule has 0 spiro atoms. The fraction of sp³-hybridized carbons (Fsp3) is 0.250. The lowest BCUT2D eigenvalue weighted by atomic mass is 9.66. The van der Waals surface area contributed by atoms with Crippen LogP contribution in [0.5, 0.6) is 17.2 Å². The van der Waals surface area contributed by atoms with E-state index in [-0.39, 0.29) is 17.2 Å². The average molecular weight is 362 g/mol. The Morgan fingerprint density at radius 3 is 1.19 bits per heavy atom. The summed E-state index contributed by atoms with van der Waals surface area (Å²) in [5.74, 6) is 0.702. The molecule has 3 aromatic rings. The Labute approximate surface area is 160 Å². The summed E-state index contributed by atoms with van der Waals surface area (Å²) >= 11 is 0. The standard InChI is InChI=1S/C24H26O3/c1-2-3-4-17-24(18-5-11-21(25)12-6-18,19-7-13-22(26)14-8-19)20-9-15-23(27)16-10-20/h5-16,25-27H,2-4,17H2,1H3. The van der Waals surface area contributed by atoms with Crippen molar-refractivity contribution in [1.82, 2.24) is 0 Å². The van der Waals surface area contributed by atoms with Gasteiger partial charge in [-0.1, -0.05) is 62.6 Å². The van der Waals surface area contributed by atoms with Gasteiger partial charge in [-0.25, -0.2) is 0 Å². The molecule has 0 bridgehead atoms. The highest BCUT2D eigenvalue weighted by atomic mass is 16.3. The topological polar surface area (TPSA) is 60.7 Å². The zero-order valence-corrected chi connectivity index (χ0v) is 15.6. The van der Waals surface area contributed by atoms with Crippen LogP contribution in [-0.2, 0) is 5.41 Å². The summed E-state index contributed by atoms with van der Waals surface area (Å²) in [6.45, 7) is 2.18. The third-order valence-electron chi connectivity index (χ3n) is 5.24. The van der Waals surface area contributed by atoms with Crippen LogP contribution in [0.3, 0.4) is 0 Å². The Hall–Kier alpha value is -2.94. The molecule has 0 saturated heterocycles. The molecule has 0 fully saturated rings. The second-order valence-electron chi connectivity index (χ2n) is 7.00. The second kappa shape index (κ2) is 8.17. The number of phenols is 3. The molecule has 0 radical (unpaired) electrons. The van der Waals surface area contributed by atoms with Gasteiger partial charge in [-0.05, 0) is 59.5 Å². The molecule has 0 aliphatic carbocycles. The first-order valence-corrected chi connectivity index (χ1v) is 9.45. The van der Waals surface area contributed by atoms with E-state index in [4.69, 9.17) is 0 Å². The smallest absolute Gasteiger partial charge is 0.115 e. The van der Waals surface area contributed by atoms with E-state index >= 15 is 0 Å². The number of unbranched alkanes of at least 4 members (excludes halogenated alkanes) is 2. The Morgan fingerprint density at radius 2 is 0.889 bits per heavy atom. The minimum atomic E-state index is -0.426. The van der Waals surface area contributed by atoms with Gasteiger partial charge in [0, 0.05) is 5.41 Å². The van der Waals surface area contributed by atoms with Gasteiger partial charge in [-0.3, -0.25) is 0 Å². The summed E-state index contributed by atoms with van der Waals surface area (Å²) < 4.78 is 0. The van der Waals surface area contributed by atoms with Gasteiger partial charge in [0.1, 0.15) is 17.2 Å². The SMILES string of the molecule is CCCCCC(c1ccc(O)cc1)(c1ccc(O)cc1)c1ccc(O)cc1. The van der Waals surface area contributed by atoms with Crippen molar-refractivity contribution in [2.24, 2.45) is 0 Å². The van der Waals surface area contributed by atoms with Crippen LogP contribution in [0.25, 0.3) is 0 Å². The van der Waals surface area contributed by atoms with E-state index in [1.807, 2.05) is 36.4 Å². The first-order chi connectivity index (χ1) is 13.1. The summed E-state index contributed by atoms with van der Waals surface area (Å²) in [7, 11) is 0.